The van der Waals surface area contributed by atoms with E-state index in [0.29, 0.717) is 11.3 Å². The minimum atomic E-state index is 0.0327. The lowest BCUT2D eigenvalue weighted by molar-refractivity contribution is 0.0278. The van der Waals surface area contributed by atoms with Crippen molar-refractivity contribution in [3.63, 3.8) is 0 Å². The van der Waals surface area contributed by atoms with Crippen molar-refractivity contribution in [2.75, 3.05) is 20.3 Å². The van der Waals surface area contributed by atoms with E-state index < -0.39 is 0 Å². The Morgan fingerprint density at radius 2 is 2.37 bits per heavy atom. The molecule has 0 aliphatic carbocycles. The zero-order valence-corrected chi connectivity index (χ0v) is 11.5. The third-order valence-electron chi connectivity index (χ3n) is 3.54. The van der Waals surface area contributed by atoms with Gasteiger partial charge in [-0.25, -0.2) is 0 Å². The molecule has 1 unspecified atom stereocenters. The molecule has 1 aromatic rings. The van der Waals surface area contributed by atoms with Crippen molar-refractivity contribution in [3.05, 3.63) is 29.3 Å². The highest BCUT2D eigenvalue weighted by atomic mass is 16.5. The van der Waals surface area contributed by atoms with E-state index in [1.54, 1.807) is 7.11 Å². The molecule has 0 amide bonds. The van der Waals surface area contributed by atoms with Gasteiger partial charge in [-0.15, -0.1) is 0 Å². The number of methoxy groups -OCH3 is 1. The molecule has 19 heavy (non-hydrogen) atoms. The molecule has 1 fully saturated rings. The minimum Gasteiger partial charge on any atom is -0.495 e. The molecule has 0 saturated carbocycles. The van der Waals surface area contributed by atoms with Crippen LogP contribution in [0.4, 0.5) is 0 Å². The Morgan fingerprint density at radius 3 is 3.00 bits per heavy atom. The average Bonchev–Trinajstić information content (AvgIpc) is 2.45. The summed E-state index contributed by atoms with van der Waals surface area (Å²) in [5.74, 6) is 0.624. The summed E-state index contributed by atoms with van der Waals surface area (Å²) in [5.41, 5.74) is 1.70. The van der Waals surface area contributed by atoms with Crippen LogP contribution in [0.3, 0.4) is 0 Å². The molecule has 1 heterocycles. The van der Waals surface area contributed by atoms with Gasteiger partial charge >= 0.3 is 0 Å². The number of hydrogen-bond donors (Lipinski definition) is 1. The van der Waals surface area contributed by atoms with Gasteiger partial charge in [0.1, 0.15) is 11.8 Å². The number of nitrogens with one attached hydrogen (secondary N) is 1. The smallest absolute Gasteiger partial charge is 0.136 e. The topological polar surface area (TPSA) is 54.3 Å². The molecular weight excluding hydrogens is 240 g/mol. The summed E-state index contributed by atoms with van der Waals surface area (Å²) >= 11 is 0. The first-order valence-corrected chi connectivity index (χ1v) is 6.57. The Bertz CT molecular complexity index is 474. The van der Waals surface area contributed by atoms with Crippen LogP contribution in [0.1, 0.15) is 30.9 Å². The lowest BCUT2D eigenvalue weighted by Crippen LogP contribution is -2.48. The fraction of sp³-hybridized carbons (Fsp3) is 0.533. The molecule has 0 aromatic heterocycles. The molecule has 2 rings (SSSR count). The fourth-order valence-corrected chi connectivity index (χ4v) is 2.34. The highest BCUT2D eigenvalue weighted by molar-refractivity contribution is 5.45. The van der Waals surface area contributed by atoms with Gasteiger partial charge in [-0.2, -0.15) is 5.26 Å². The van der Waals surface area contributed by atoms with Crippen LogP contribution in [0.15, 0.2) is 18.2 Å². The van der Waals surface area contributed by atoms with Crippen LogP contribution in [-0.4, -0.2) is 25.9 Å². The summed E-state index contributed by atoms with van der Waals surface area (Å²) in [7, 11) is 1.58. The Morgan fingerprint density at radius 1 is 1.53 bits per heavy atom. The molecule has 1 aliphatic rings. The maximum Gasteiger partial charge on any atom is 0.136 e. The number of rotatable bonds is 4. The lowest BCUT2D eigenvalue weighted by Gasteiger charge is -2.34. The second-order valence-electron chi connectivity index (χ2n) is 5.22. The quantitative estimate of drug-likeness (QED) is 0.902. The summed E-state index contributed by atoms with van der Waals surface area (Å²) in [6.07, 6.45) is 2.21. The Labute approximate surface area is 114 Å². The highest BCUT2D eigenvalue weighted by Gasteiger charge is 2.26. The van der Waals surface area contributed by atoms with E-state index in [0.717, 1.165) is 38.2 Å². The van der Waals surface area contributed by atoms with E-state index in [2.05, 4.69) is 18.3 Å². The summed E-state index contributed by atoms with van der Waals surface area (Å²) in [6.45, 7) is 4.52. The van der Waals surface area contributed by atoms with Crippen molar-refractivity contribution in [1.82, 2.24) is 5.32 Å². The maximum atomic E-state index is 9.07. The van der Waals surface area contributed by atoms with Crippen LogP contribution in [0, 0.1) is 11.3 Å². The van der Waals surface area contributed by atoms with Gasteiger partial charge in [0, 0.05) is 18.7 Å². The standard InChI is InChI=1S/C15H20N2O2/c1-15(6-3-7-19-11-15)17-10-12-4-5-14(18-2)13(8-12)9-16/h4-5,8,17H,3,6-7,10-11H2,1-2H3. The first kappa shape index (κ1) is 13.9. The van der Waals surface area contributed by atoms with Crippen molar-refractivity contribution in [2.24, 2.45) is 0 Å². The number of hydrogen-bond acceptors (Lipinski definition) is 4. The van der Waals surface area contributed by atoms with Gasteiger partial charge in [-0.05, 0) is 37.5 Å². The van der Waals surface area contributed by atoms with E-state index in [1.807, 2.05) is 18.2 Å². The first-order valence-electron chi connectivity index (χ1n) is 6.57. The molecule has 1 N–H and O–H groups in total. The Kier molecular flexibility index (Phi) is 4.41. The second-order valence-corrected chi connectivity index (χ2v) is 5.22. The van der Waals surface area contributed by atoms with Crippen LogP contribution < -0.4 is 10.1 Å². The summed E-state index contributed by atoms with van der Waals surface area (Å²) < 4.78 is 10.7. The number of nitriles is 1. The van der Waals surface area contributed by atoms with Gasteiger partial charge in [0.25, 0.3) is 0 Å². The number of benzene rings is 1. The molecule has 4 heteroatoms. The molecule has 0 radical (unpaired) electrons. The molecule has 102 valence electrons. The van der Waals surface area contributed by atoms with E-state index >= 15 is 0 Å². The molecule has 1 saturated heterocycles. The van der Waals surface area contributed by atoms with Crippen LogP contribution >= 0.6 is 0 Å². The number of ether oxygens (including phenoxy) is 2. The molecule has 1 aliphatic heterocycles. The van der Waals surface area contributed by atoms with Crippen LogP contribution in [0.5, 0.6) is 5.75 Å². The molecule has 4 nitrogen and oxygen atoms in total. The minimum absolute atomic E-state index is 0.0327. The molecular formula is C15H20N2O2. The normalized spacial score (nSPS) is 22.8. The van der Waals surface area contributed by atoms with Gasteiger partial charge in [-0.3, -0.25) is 0 Å². The second kappa shape index (κ2) is 6.05. The Hall–Kier alpha value is -1.57. The van der Waals surface area contributed by atoms with Crippen molar-refractivity contribution in [3.8, 4) is 11.8 Å². The van der Waals surface area contributed by atoms with Crippen molar-refractivity contribution in [2.45, 2.75) is 31.8 Å². The average molecular weight is 260 g/mol. The lowest BCUT2D eigenvalue weighted by atomic mass is 9.94. The number of nitrogens with zero attached hydrogens (tertiary/aromatic N) is 1. The van der Waals surface area contributed by atoms with Crippen molar-refractivity contribution < 1.29 is 9.47 Å². The van der Waals surface area contributed by atoms with E-state index in [9.17, 15) is 0 Å². The zero-order valence-electron chi connectivity index (χ0n) is 11.5. The van der Waals surface area contributed by atoms with E-state index in [4.69, 9.17) is 14.7 Å². The van der Waals surface area contributed by atoms with Gasteiger partial charge in [0.2, 0.25) is 0 Å². The van der Waals surface area contributed by atoms with Gasteiger partial charge in [0.15, 0.2) is 0 Å². The molecule has 0 spiro atoms. The molecule has 0 bridgehead atoms. The van der Waals surface area contributed by atoms with E-state index in [1.165, 1.54) is 0 Å². The molecule has 1 aromatic carbocycles. The third-order valence-corrected chi connectivity index (χ3v) is 3.54. The fourth-order valence-electron chi connectivity index (χ4n) is 2.34. The van der Waals surface area contributed by atoms with Crippen LogP contribution in [0.2, 0.25) is 0 Å². The summed E-state index contributed by atoms with van der Waals surface area (Å²) in [5, 5.41) is 12.6. The zero-order chi connectivity index (χ0) is 13.7. The maximum absolute atomic E-state index is 9.07. The van der Waals surface area contributed by atoms with Gasteiger partial charge in [-0.1, -0.05) is 6.07 Å². The van der Waals surface area contributed by atoms with Crippen LogP contribution in [-0.2, 0) is 11.3 Å². The van der Waals surface area contributed by atoms with Crippen LogP contribution in [0.25, 0.3) is 0 Å². The van der Waals surface area contributed by atoms with Gasteiger partial charge < -0.3 is 14.8 Å². The first-order chi connectivity index (χ1) is 9.17. The predicted octanol–water partition coefficient (Wildman–Crippen LogP) is 2.23. The van der Waals surface area contributed by atoms with Crippen molar-refractivity contribution in [1.29, 1.82) is 5.26 Å². The highest BCUT2D eigenvalue weighted by Crippen LogP contribution is 2.21. The monoisotopic (exact) mass is 260 g/mol. The van der Waals surface area contributed by atoms with Gasteiger partial charge in [0.05, 0.1) is 19.3 Å². The summed E-state index contributed by atoms with van der Waals surface area (Å²) in [4.78, 5) is 0. The van der Waals surface area contributed by atoms with E-state index in [-0.39, 0.29) is 5.54 Å². The summed E-state index contributed by atoms with van der Waals surface area (Å²) in [6, 6.07) is 7.86. The third kappa shape index (κ3) is 3.46. The Balaban J connectivity index is 2.01. The SMILES string of the molecule is COc1ccc(CNC2(C)CCCOC2)cc1C#N. The largest absolute Gasteiger partial charge is 0.495 e. The van der Waals surface area contributed by atoms with Crippen molar-refractivity contribution >= 4 is 0 Å². The molecule has 1 atom stereocenters. The predicted molar refractivity (Wildman–Crippen MR) is 73.0 cm³/mol.